The molecule has 1 nitrogen and oxygen atoms in total. The zero-order valence-electron chi connectivity index (χ0n) is 7.99. The van der Waals surface area contributed by atoms with Crippen molar-refractivity contribution in [2.24, 2.45) is 10.8 Å². The number of Topliss-reactive ketones (excluding diaryl/α,β-unsaturated/α-hetero) is 1. The normalized spacial score (nSPS) is 13.3. The molecule has 0 aromatic carbocycles. The topological polar surface area (TPSA) is 17.1 Å². The molecule has 0 aliphatic carbocycles. The molecule has 0 saturated carbocycles. The molecule has 0 bridgehead atoms. The zero-order valence-corrected chi connectivity index (χ0v) is 8.75. The molecule has 0 aromatic rings. The van der Waals surface area contributed by atoms with Gasteiger partial charge in [0.1, 0.15) is 0 Å². The Morgan fingerprint density at radius 2 is 1.55 bits per heavy atom. The monoisotopic (exact) mass is 176 g/mol. The molecule has 0 spiro atoms. The highest BCUT2D eigenvalue weighted by molar-refractivity contribution is 6.28. The fourth-order valence-electron chi connectivity index (χ4n) is 0.585. The minimum Gasteiger partial charge on any atom is -0.298 e. The molecular formula is C9H17ClO. The number of carbonyl (C=O) groups excluding carboxylic acids is 1. The second kappa shape index (κ2) is 3.14. The Balaban J connectivity index is 4.59. The fourth-order valence-corrected chi connectivity index (χ4v) is 0.919. The van der Waals surface area contributed by atoms with Crippen LogP contribution in [-0.2, 0) is 4.79 Å². The minimum absolute atomic E-state index is 0.0149. The van der Waals surface area contributed by atoms with Crippen LogP contribution in [0.25, 0.3) is 0 Å². The number of alkyl halides is 1. The Morgan fingerprint density at radius 1 is 1.18 bits per heavy atom. The van der Waals surface area contributed by atoms with Gasteiger partial charge in [-0.3, -0.25) is 4.79 Å². The van der Waals surface area contributed by atoms with E-state index in [1.165, 1.54) is 0 Å². The van der Waals surface area contributed by atoms with Crippen molar-refractivity contribution in [2.75, 3.05) is 5.88 Å². The number of hydrogen-bond acceptors (Lipinski definition) is 1. The van der Waals surface area contributed by atoms with Crippen molar-refractivity contribution < 1.29 is 4.79 Å². The van der Waals surface area contributed by atoms with Crippen molar-refractivity contribution in [3.63, 3.8) is 0 Å². The molecule has 0 amide bonds. The molecule has 0 aliphatic heterocycles. The molecule has 66 valence electrons. The summed E-state index contributed by atoms with van der Waals surface area (Å²) in [5, 5.41) is 0. The van der Waals surface area contributed by atoms with E-state index < -0.39 is 0 Å². The molecule has 0 aliphatic rings. The van der Waals surface area contributed by atoms with E-state index in [1.807, 2.05) is 13.8 Å². The summed E-state index contributed by atoms with van der Waals surface area (Å²) in [6.45, 7) is 10.0. The molecule has 2 heteroatoms. The van der Waals surface area contributed by atoms with Crippen molar-refractivity contribution in [3.05, 3.63) is 0 Å². The number of carbonyl (C=O) groups is 1. The highest BCUT2D eigenvalue weighted by Crippen LogP contribution is 2.38. The molecule has 0 rings (SSSR count). The van der Waals surface area contributed by atoms with Crippen molar-refractivity contribution in [3.8, 4) is 0 Å². The fraction of sp³-hybridized carbons (Fsp3) is 0.889. The van der Waals surface area contributed by atoms with Gasteiger partial charge in [-0.25, -0.2) is 0 Å². The quantitative estimate of drug-likeness (QED) is 0.592. The summed E-state index contributed by atoms with van der Waals surface area (Å²) in [6, 6.07) is 0. The van der Waals surface area contributed by atoms with Gasteiger partial charge in [0.2, 0.25) is 0 Å². The maximum atomic E-state index is 11.3. The highest BCUT2D eigenvalue weighted by Gasteiger charge is 2.38. The summed E-state index contributed by atoms with van der Waals surface area (Å²) in [5.41, 5.74) is -0.340. The van der Waals surface area contributed by atoms with Gasteiger partial charge in [-0.05, 0) is 5.41 Å². The van der Waals surface area contributed by atoms with Crippen molar-refractivity contribution in [1.29, 1.82) is 0 Å². The third-order valence-electron chi connectivity index (χ3n) is 2.69. The molecule has 0 fully saturated rings. The van der Waals surface area contributed by atoms with Gasteiger partial charge in [0.15, 0.2) is 5.78 Å². The number of ketones is 1. The Labute approximate surface area is 74.1 Å². The van der Waals surface area contributed by atoms with Crippen molar-refractivity contribution in [1.82, 2.24) is 0 Å². The van der Waals surface area contributed by atoms with E-state index in [2.05, 4.69) is 20.8 Å². The minimum atomic E-state index is -0.325. The maximum Gasteiger partial charge on any atom is 0.153 e. The first-order valence-corrected chi connectivity index (χ1v) is 4.36. The van der Waals surface area contributed by atoms with Gasteiger partial charge < -0.3 is 0 Å². The average Bonchev–Trinajstić information content (AvgIpc) is 1.83. The largest absolute Gasteiger partial charge is 0.298 e. The molecular weight excluding hydrogens is 160 g/mol. The molecule has 0 aromatic heterocycles. The van der Waals surface area contributed by atoms with E-state index in [0.717, 1.165) is 0 Å². The van der Waals surface area contributed by atoms with Crippen LogP contribution in [0, 0.1) is 10.8 Å². The highest BCUT2D eigenvalue weighted by atomic mass is 35.5. The van der Waals surface area contributed by atoms with E-state index in [-0.39, 0.29) is 22.5 Å². The molecule has 0 N–H and O–H groups in total. The van der Waals surface area contributed by atoms with Crippen LogP contribution in [0.3, 0.4) is 0 Å². The van der Waals surface area contributed by atoms with Crippen LogP contribution in [-0.4, -0.2) is 11.7 Å². The predicted molar refractivity (Wildman–Crippen MR) is 49.0 cm³/mol. The van der Waals surface area contributed by atoms with Gasteiger partial charge in [0.05, 0.1) is 5.88 Å². The number of halogens is 1. The van der Waals surface area contributed by atoms with Gasteiger partial charge in [0, 0.05) is 5.41 Å². The summed E-state index contributed by atoms with van der Waals surface area (Å²) in [7, 11) is 0. The average molecular weight is 177 g/mol. The van der Waals surface area contributed by atoms with Crippen molar-refractivity contribution in [2.45, 2.75) is 34.6 Å². The lowest BCUT2D eigenvalue weighted by Gasteiger charge is -2.36. The van der Waals surface area contributed by atoms with Crippen LogP contribution < -0.4 is 0 Å². The van der Waals surface area contributed by atoms with Crippen LogP contribution in [0.5, 0.6) is 0 Å². The molecule has 11 heavy (non-hydrogen) atoms. The predicted octanol–water partition coefficient (Wildman–Crippen LogP) is 2.87. The van der Waals surface area contributed by atoms with Crippen LogP contribution in [0.15, 0.2) is 0 Å². The van der Waals surface area contributed by atoms with E-state index in [1.54, 1.807) is 0 Å². The Morgan fingerprint density at radius 3 is 1.64 bits per heavy atom. The Kier molecular flexibility index (Phi) is 3.13. The first kappa shape index (κ1) is 11.0. The standard InChI is InChI=1S/C9H17ClO/c1-8(2,3)9(4,5)7(11)6-10/h6H2,1-5H3. The second-order valence-corrected chi connectivity index (χ2v) is 4.70. The second-order valence-electron chi connectivity index (χ2n) is 4.43. The van der Waals surface area contributed by atoms with Crippen molar-refractivity contribution >= 4 is 17.4 Å². The number of hydrogen-bond donors (Lipinski definition) is 0. The van der Waals surface area contributed by atoms with E-state index >= 15 is 0 Å². The summed E-state index contributed by atoms with van der Waals surface area (Å²) >= 11 is 5.49. The lowest BCUT2D eigenvalue weighted by atomic mass is 9.67. The van der Waals surface area contributed by atoms with Gasteiger partial charge in [0.25, 0.3) is 0 Å². The maximum absolute atomic E-state index is 11.3. The lowest BCUT2D eigenvalue weighted by molar-refractivity contribution is -0.129. The third-order valence-corrected chi connectivity index (χ3v) is 2.94. The first-order valence-electron chi connectivity index (χ1n) is 3.82. The Hall–Kier alpha value is -0.0400. The van der Waals surface area contributed by atoms with E-state index in [9.17, 15) is 4.79 Å². The van der Waals surface area contributed by atoms with Crippen LogP contribution in [0.1, 0.15) is 34.6 Å². The SMILES string of the molecule is CC(C)(C)C(C)(C)C(=O)CCl. The van der Waals surface area contributed by atoms with Gasteiger partial charge in [-0.15, -0.1) is 11.6 Å². The third kappa shape index (κ3) is 2.19. The molecule has 0 atom stereocenters. The van der Waals surface area contributed by atoms with Gasteiger partial charge in [-0.1, -0.05) is 34.6 Å². The summed E-state index contributed by atoms with van der Waals surface area (Å²) in [4.78, 5) is 11.3. The van der Waals surface area contributed by atoms with Gasteiger partial charge >= 0.3 is 0 Å². The number of rotatable bonds is 2. The summed E-state index contributed by atoms with van der Waals surface area (Å²) in [5.74, 6) is 0.233. The summed E-state index contributed by atoms with van der Waals surface area (Å²) in [6.07, 6.45) is 0. The van der Waals surface area contributed by atoms with Crippen LogP contribution >= 0.6 is 11.6 Å². The zero-order chi connectivity index (χ0) is 9.28. The van der Waals surface area contributed by atoms with E-state index in [0.29, 0.717) is 0 Å². The van der Waals surface area contributed by atoms with Crippen LogP contribution in [0.2, 0.25) is 0 Å². The Bertz CT molecular complexity index is 153. The molecule has 0 radical (unpaired) electrons. The van der Waals surface area contributed by atoms with Crippen LogP contribution in [0.4, 0.5) is 0 Å². The summed E-state index contributed by atoms with van der Waals surface area (Å²) < 4.78 is 0. The molecule has 0 heterocycles. The molecule has 0 unspecified atom stereocenters. The van der Waals surface area contributed by atoms with E-state index in [4.69, 9.17) is 11.6 Å². The van der Waals surface area contributed by atoms with Gasteiger partial charge in [-0.2, -0.15) is 0 Å². The lowest BCUT2D eigenvalue weighted by Crippen LogP contribution is -2.38. The smallest absolute Gasteiger partial charge is 0.153 e. The molecule has 0 saturated heterocycles. The first-order chi connectivity index (χ1) is 4.73.